The predicted molar refractivity (Wildman–Crippen MR) is 129 cm³/mol. The summed E-state index contributed by atoms with van der Waals surface area (Å²) in [7, 11) is 0. The molecule has 0 atom stereocenters. The van der Waals surface area contributed by atoms with Gasteiger partial charge >= 0.3 is 5.97 Å². The average Bonchev–Trinajstić information content (AvgIpc) is 3.21. The first-order valence-corrected chi connectivity index (χ1v) is 11.0. The summed E-state index contributed by atoms with van der Waals surface area (Å²) in [5.74, 6) is -1.74. The Labute approximate surface area is 197 Å². The van der Waals surface area contributed by atoms with Gasteiger partial charge in [-0.3, -0.25) is 9.59 Å². The summed E-state index contributed by atoms with van der Waals surface area (Å²) >= 11 is 0. The number of hydrogen-bond acceptors (Lipinski definition) is 4. The highest BCUT2D eigenvalue weighted by Crippen LogP contribution is 2.33. The van der Waals surface area contributed by atoms with Crippen LogP contribution in [-0.2, 0) is 14.4 Å². The summed E-state index contributed by atoms with van der Waals surface area (Å²) in [6.07, 6.45) is 0.124. The van der Waals surface area contributed by atoms with Gasteiger partial charge in [-0.25, -0.2) is 4.79 Å². The molecule has 0 N–H and O–H groups in total. The fraction of sp³-hybridized carbons (Fsp3) is 0.0690. The molecule has 1 aliphatic heterocycles. The van der Waals surface area contributed by atoms with Crippen molar-refractivity contribution in [2.24, 2.45) is 0 Å². The second kappa shape index (κ2) is 9.16. The van der Waals surface area contributed by atoms with Crippen molar-refractivity contribution in [3.63, 3.8) is 0 Å². The van der Waals surface area contributed by atoms with Gasteiger partial charge in [0.1, 0.15) is 0 Å². The van der Waals surface area contributed by atoms with Crippen molar-refractivity contribution in [3.05, 3.63) is 109 Å². The topological polar surface area (TPSA) is 63.7 Å². The zero-order valence-electron chi connectivity index (χ0n) is 18.3. The first-order chi connectivity index (χ1) is 16.6. The van der Waals surface area contributed by atoms with E-state index in [1.807, 2.05) is 48.5 Å². The Hall–Kier alpha value is -4.51. The van der Waals surface area contributed by atoms with Crippen LogP contribution in [0, 0.1) is 0 Å². The van der Waals surface area contributed by atoms with Crippen molar-refractivity contribution in [1.82, 2.24) is 5.06 Å². The van der Waals surface area contributed by atoms with E-state index in [-0.39, 0.29) is 18.4 Å². The Kier molecular flexibility index (Phi) is 5.75. The Morgan fingerprint density at radius 2 is 0.971 bits per heavy atom. The molecule has 1 aliphatic rings. The lowest BCUT2D eigenvalue weighted by Gasteiger charge is -2.13. The quantitative estimate of drug-likeness (QED) is 0.357. The molecule has 1 saturated heterocycles. The molecule has 4 aromatic carbocycles. The molecule has 2 amide bonds. The molecule has 5 heteroatoms. The van der Waals surface area contributed by atoms with Gasteiger partial charge in [-0.2, -0.15) is 0 Å². The zero-order valence-corrected chi connectivity index (χ0v) is 18.3. The van der Waals surface area contributed by atoms with Gasteiger partial charge in [0.25, 0.3) is 11.8 Å². The van der Waals surface area contributed by atoms with E-state index in [4.69, 9.17) is 4.84 Å². The highest BCUT2D eigenvalue weighted by Gasteiger charge is 2.33. The summed E-state index contributed by atoms with van der Waals surface area (Å²) in [6.45, 7) is 0. The Balaban J connectivity index is 1.47. The molecule has 1 heterocycles. The third kappa shape index (κ3) is 4.36. The van der Waals surface area contributed by atoms with E-state index in [0.29, 0.717) is 5.06 Å². The molecule has 166 valence electrons. The second-order valence-corrected chi connectivity index (χ2v) is 8.07. The normalized spacial score (nSPS) is 13.2. The lowest BCUT2D eigenvalue weighted by molar-refractivity contribution is -0.172. The molecule has 0 unspecified atom stereocenters. The molecule has 0 aliphatic carbocycles. The fourth-order valence-electron chi connectivity index (χ4n) is 3.98. The standard InChI is InChI=1S/C29H21NO4/c31-27-15-16-28(32)30(27)34-29(33)23-13-11-22(12-14-23)26-18-24(20-7-3-1-4-8-20)17-25(19-26)21-9-5-2-6-10-21/h1-14,17-19H,15-16H2. The Morgan fingerprint density at radius 1 is 0.559 bits per heavy atom. The van der Waals surface area contributed by atoms with Crippen LogP contribution < -0.4 is 0 Å². The number of carbonyl (C=O) groups is 3. The maximum absolute atomic E-state index is 12.4. The van der Waals surface area contributed by atoms with E-state index in [9.17, 15) is 14.4 Å². The maximum Gasteiger partial charge on any atom is 0.363 e. The minimum Gasteiger partial charge on any atom is -0.325 e. The third-order valence-corrected chi connectivity index (χ3v) is 5.78. The van der Waals surface area contributed by atoms with Gasteiger partial charge in [0.15, 0.2) is 0 Å². The van der Waals surface area contributed by atoms with Crippen LogP contribution >= 0.6 is 0 Å². The Morgan fingerprint density at radius 3 is 1.41 bits per heavy atom. The number of nitrogens with zero attached hydrogens (tertiary/aromatic N) is 1. The smallest absolute Gasteiger partial charge is 0.325 e. The molecular weight excluding hydrogens is 426 g/mol. The molecule has 0 spiro atoms. The second-order valence-electron chi connectivity index (χ2n) is 8.07. The average molecular weight is 447 g/mol. The summed E-state index contributed by atoms with van der Waals surface area (Å²) < 4.78 is 0. The molecule has 1 fully saturated rings. The number of amides is 2. The lowest BCUT2D eigenvalue weighted by Crippen LogP contribution is -2.32. The minimum atomic E-state index is -0.738. The van der Waals surface area contributed by atoms with Gasteiger partial charge < -0.3 is 4.84 Å². The van der Waals surface area contributed by atoms with E-state index in [1.165, 1.54) is 0 Å². The van der Waals surface area contributed by atoms with Gasteiger partial charge in [-0.05, 0) is 63.7 Å². The molecule has 4 aromatic rings. The van der Waals surface area contributed by atoms with Crippen molar-refractivity contribution in [2.45, 2.75) is 12.8 Å². The summed E-state index contributed by atoms with van der Waals surface area (Å²) in [5.41, 5.74) is 6.60. The fourth-order valence-corrected chi connectivity index (χ4v) is 3.98. The van der Waals surface area contributed by atoms with E-state index < -0.39 is 17.8 Å². The van der Waals surface area contributed by atoms with Gasteiger partial charge in [-0.15, -0.1) is 5.06 Å². The van der Waals surface area contributed by atoms with Crippen molar-refractivity contribution >= 4 is 17.8 Å². The van der Waals surface area contributed by atoms with Crippen LogP contribution in [0.1, 0.15) is 23.2 Å². The molecule has 34 heavy (non-hydrogen) atoms. The third-order valence-electron chi connectivity index (χ3n) is 5.78. The largest absolute Gasteiger partial charge is 0.363 e. The molecule has 0 saturated carbocycles. The number of hydrogen-bond donors (Lipinski definition) is 0. The summed E-state index contributed by atoms with van der Waals surface area (Å²) in [6, 6.07) is 33.7. The summed E-state index contributed by atoms with van der Waals surface area (Å²) in [5, 5.41) is 0.561. The van der Waals surface area contributed by atoms with E-state index in [1.54, 1.807) is 12.1 Å². The van der Waals surface area contributed by atoms with Crippen molar-refractivity contribution in [3.8, 4) is 33.4 Å². The molecular formula is C29H21NO4. The van der Waals surface area contributed by atoms with Crippen LogP contribution in [0.3, 0.4) is 0 Å². The van der Waals surface area contributed by atoms with Crippen LogP contribution in [0.4, 0.5) is 0 Å². The van der Waals surface area contributed by atoms with Crippen LogP contribution in [0.5, 0.6) is 0 Å². The minimum absolute atomic E-state index is 0.0621. The van der Waals surface area contributed by atoms with Gasteiger partial charge in [0.2, 0.25) is 0 Å². The zero-order chi connectivity index (χ0) is 23.5. The molecule has 0 bridgehead atoms. The van der Waals surface area contributed by atoms with Crippen LogP contribution in [0.2, 0.25) is 0 Å². The van der Waals surface area contributed by atoms with E-state index >= 15 is 0 Å². The molecule has 5 nitrogen and oxygen atoms in total. The number of imide groups is 1. The predicted octanol–water partition coefficient (Wildman–Crippen LogP) is 5.91. The van der Waals surface area contributed by atoms with Gasteiger partial charge in [-0.1, -0.05) is 72.8 Å². The lowest BCUT2D eigenvalue weighted by atomic mass is 9.93. The van der Waals surface area contributed by atoms with Crippen molar-refractivity contribution in [1.29, 1.82) is 0 Å². The SMILES string of the molecule is O=C(ON1C(=O)CCC1=O)c1ccc(-c2cc(-c3ccccc3)cc(-c3ccccc3)c2)cc1. The number of hydroxylamine groups is 2. The monoisotopic (exact) mass is 447 g/mol. The van der Waals surface area contributed by atoms with Gasteiger partial charge in [0, 0.05) is 12.8 Å². The van der Waals surface area contributed by atoms with E-state index in [0.717, 1.165) is 33.4 Å². The molecule has 0 aromatic heterocycles. The molecule has 0 radical (unpaired) electrons. The summed E-state index contributed by atoms with van der Waals surface area (Å²) in [4.78, 5) is 40.9. The highest BCUT2D eigenvalue weighted by atomic mass is 16.7. The first-order valence-electron chi connectivity index (χ1n) is 11.0. The number of rotatable bonds is 5. The van der Waals surface area contributed by atoms with Crippen LogP contribution in [0.15, 0.2) is 103 Å². The van der Waals surface area contributed by atoms with Crippen molar-refractivity contribution in [2.75, 3.05) is 0 Å². The first kappa shape index (κ1) is 21.3. The molecule has 5 rings (SSSR count). The maximum atomic E-state index is 12.4. The Bertz CT molecular complexity index is 1290. The number of benzene rings is 4. The highest BCUT2D eigenvalue weighted by molar-refractivity contribution is 6.02. The van der Waals surface area contributed by atoms with Crippen LogP contribution in [-0.4, -0.2) is 22.8 Å². The van der Waals surface area contributed by atoms with Crippen molar-refractivity contribution < 1.29 is 19.2 Å². The van der Waals surface area contributed by atoms with E-state index in [2.05, 4.69) is 42.5 Å². The van der Waals surface area contributed by atoms with Gasteiger partial charge in [0.05, 0.1) is 5.56 Å². The number of carbonyl (C=O) groups excluding carboxylic acids is 3. The van der Waals surface area contributed by atoms with Crippen LogP contribution in [0.25, 0.3) is 33.4 Å².